The summed E-state index contributed by atoms with van der Waals surface area (Å²) in [6.45, 7) is 0.208. The third-order valence-corrected chi connectivity index (χ3v) is 4.51. The molecule has 5 nitrogen and oxygen atoms in total. The average Bonchev–Trinajstić information content (AvgIpc) is 2.73. The fraction of sp³-hybridized carbons (Fsp3) is 0.136. The van der Waals surface area contributed by atoms with E-state index in [1.807, 2.05) is 48.5 Å². The molecule has 0 bridgehead atoms. The highest BCUT2D eigenvalue weighted by Crippen LogP contribution is 2.20. The molecule has 3 aromatic rings. The molecule has 6 heteroatoms. The van der Waals surface area contributed by atoms with Gasteiger partial charge >= 0.3 is 0 Å². The van der Waals surface area contributed by atoms with E-state index in [1.54, 1.807) is 30.5 Å². The average molecular weight is 394 g/mol. The molecule has 1 heterocycles. The van der Waals surface area contributed by atoms with Crippen molar-refractivity contribution in [2.45, 2.75) is 12.5 Å². The van der Waals surface area contributed by atoms with Crippen molar-refractivity contribution < 1.29 is 9.59 Å². The van der Waals surface area contributed by atoms with E-state index < -0.39 is 0 Å². The molecular weight excluding hydrogens is 374 g/mol. The fourth-order valence-electron chi connectivity index (χ4n) is 2.78. The Labute approximate surface area is 168 Å². The maximum Gasteiger partial charge on any atom is 0.252 e. The van der Waals surface area contributed by atoms with Crippen molar-refractivity contribution in [3.63, 3.8) is 0 Å². The fourth-order valence-corrected chi connectivity index (χ4v) is 3.01. The Hall–Kier alpha value is -3.18. The number of halogens is 1. The number of hydrogen-bond donors (Lipinski definition) is 2. The lowest BCUT2D eigenvalue weighted by atomic mass is 10.0. The van der Waals surface area contributed by atoms with Crippen molar-refractivity contribution in [3.05, 3.63) is 101 Å². The van der Waals surface area contributed by atoms with Crippen molar-refractivity contribution >= 4 is 23.4 Å². The van der Waals surface area contributed by atoms with Crippen molar-refractivity contribution in [2.24, 2.45) is 0 Å². The second kappa shape index (κ2) is 9.67. The number of carbonyl (C=O) groups excluding carboxylic acids is 2. The van der Waals surface area contributed by atoms with E-state index in [0.717, 1.165) is 11.3 Å². The Kier molecular flexibility index (Phi) is 6.76. The van der Waals surface area contributed by atoms with Gasteiger partial charge in [0.1, 0.15) is 0 Å². The molecule has 142 valence electrons. The first-order chi connectivity index (χ1) is 13.6. The van der Waals surface area contributed by atoms with E-state index in [0.29, 0.717) is 10.6 Å². The molecule has 3 rings (SSSR count). The van der Waals surface area contributed by atoms with E-state index in [4.69, 9.17) is 11.6 Å². The molecule has 0 aliphatic rings. The number of benzene rings is 2. The molecule has 0 radical (unpaired) electrons. The third-order valence-electron chi connectivity index (χ3n) is 4.18. The molecule has 0 saturated carbocycles. The standard InChI is InChI=1S/C22H20ClN3O2/c23-18-11-5-4-10-17(18)22(28)25-15-13-20(27)26-21(16-8-2-1-3-9-16)19-12-6-7-14-24-19/h1-12,14,21H,13,15H2,(H,25,28)(H,26,27). The largest absolute Gasteiger partial charge is 0.351 e. The molecule has 2 amide bonds. The van der Waals surface area contributed by atoms with Crippen LogP contribution in [0, 0.1) is 0 Å². The smallest absolute Gasteiger partial charge is 0.252 e. The van der Waals surface area contributed by atoms with Crippen LogP contribution in [0.15, 0.2) is 79.0 Å². The molecule has 1 atom stereocenters. The second-order valence-electron chi connectivity index (χ2n) is 6.15. The number of carbonyl (C=O) groups is 2. The zero-order valence-electron chi connectivity index (χ0n) is 15.1. The summed E-state index contributed by atoms with van der Waals surface area (Å²) in [6.07, 6.45) is 1.84. The molecule has 0 aliphatic carbocycles. The summed E-state index contributed by atoms with van der Waals surface area (Å²) in [4.78, 5) is 29.0. The number of aromatic nitrogens is 1. The lowest BCUT2D eigenvalue weighted by Crippen LogP contribution is -2.33. The van der Waals surface area contributed by atoms with E-state index in [2.05, 4.69) is 15.6 Å². The highest BCUT2D eigenvalue weighted by Gasteiger charge is 2.18. The van der Waals surface area contributed by atoms with E-state index in [1.165, 1.54) is 0 Å². The highest BCUT2D eigenvalue weighted by molar-refractivity contribution is 6.33. The van der Waals surface area contributed by atoms with Crippen molar-refractivity contribution in [3.8, 4) is 0 Å². The van der Waals surface area contributed by atoms with Crippen LogP contribution in [0.5, 0.6) is 0 Å². The quantitative estimate of drug-likeness (QED) is 0.642. The van der Waals surface area contributed by atoms with Gasteiger partial charge in [-0.25, -0.2) is 0 Å². The molecule has 1 unspecified atom stereocenters. The number of rotatable bonds is 7. The SMILES string of the molecule is O=C(CCNC(=O)c1ccccc1Cl)NC(c1ccccc1)c1ccccn1. The Morgan fingerprint density at radius 2 is 1.64 bits per heavy atom. The van der Waals surface area contributed by atoms with Gasteiger partial charge in [0.05, 0.1) is 22.3 Å². The van der Waals surface area contributed by atoms with Gasteiger partial charge < -0.3 is 10.6 Å². The van der Waals surface area contributed by atoms with Gasteiger partial charge in [0.2, 0.25) is 5.91 Å². The van der Waals surface area contributed by atoms with E-state index >= 15 is 0 Å². The van der Waals surface area contributed by atoms with Crippen LogP contribution in [0.2, 0.25) is 5.02 Å². The number of hydrogen-bond acceptors (Lipinski definition) is 3. The molecule has 0 fully saturated rings. The molecule has 1 aromatic heterocycles. The normalized spacial score (nSPS) is 11.5. The van der Waals surface area contributed by atoms with E-state index in [-0.39, 0.29) is 30.8 Å². The maximum absolute atomic E-state index is 12.5. The van der Waals surface area contributed by atoms with Gasteiger partial charge in [-0.15, -0.1) is 0 Å². The third kappa shape index (κ3) is 5.18. The van der Waals surface area contributed by atoms with Gasteiger partial charge in [-0.2, -0.15) is 0 Å². The summed E-state index contributed by atoms with van der Waals surface area (Å²) < 4.78 is 0. The van der Waals surface area contributed by atoms with Crippen LogP contribution in [0.4, 0.5) is 0 Å². The van der Waals surface area contributed by atoms with Crippen LogP contribution in [0.1, 0.15) is 34.1 Å². The molecular formula is C22H20ClN3O2. The highest BCUT2D eigenvalue weighted by atomic mass is 35.5. The Morgan fingerprint density at radius 3 is 2.36 bits per heavy atom. The van der Waals surface area contributed by atoms with Crippen molar-refractivity contribution in [1.29, 1.82) is 0 Å². The Bertz CT molecular complexity index is 893. The number of amides is 2. The minimum Gasteiger partial charge on any atom is -0.351 e. The first kappa shape index (κ1) is 19.6. The minimum absolute atomic E-state index is 0.145. The van der Waals surface area contributed by atoms with Gasteiger partial charge in [-0.05, 0) is 29.8 Å². The van der Waals surface area contributed by atoms with Gasteiger partial charge in [0.25, 0.3) is 5.91 Å². The molecule has 28 heavy (non-hydrogen) atoms. The molecule has 0 spiro atoms. The Morgan fingerprint density at radius 1 is 0.929 bits per heavy atom. The molecule has 0 aliphatic heterocycles. The van der Waals surface area contributed by atoms with Crippen molar-refractivity contribution in [2.75, 3.05) is 6.54 Å². The number of nitrogens with one attached hydrogen (secondary N) is 2. The molecule has 0 saturated heterocycles. The van der Waals surface area contributed by atoms with Gasteiger partial charge in [0.15, 0.2) is 0 Å². The minimum atomic E-state index is -0.353. The van der Waals surface area contributed by atoms with Crippen LogP contribution in [-0.4, -0.2) is 23.3 Å². The molecule has 2 aromatic carbocycles. The van der Waals surface area contributed by atoms with E-state index in [9.17, 15) is 9.59 Å². The van der Waals surface area contributed by atoms with Crippen LogP contribution in [0.25, 0.3) is 0 Å². The number of nitrogens with zero attached hydrogens (tertiary/aromatic N) is 1. The first-order valence-electron chi connectivity index (χ1n) is 8.93. The van der Waals surface area contributed by atoms with Crippen LogP contribution >= 0.6 is 11.6 Å². The lowest BCUT2D eigenvalue weighted by molar-refractivity contribution is -0.121. The summed E-state index contributed by atoms with van der Waals surface area (Å²) in [6, 6.07) is 21.7. The predicted molar refractivity (Wildman–Crippen MR) is 109 cm³/mol. The summed E-state index contributed by atoms with van der Waals surface area (Å²) in [5.74, 6) is -0.485. The first-order valence-corrected chi connectivity index (χ1v) is 9.31. The Balaban J connectivity index is 1.60. The number of pyridine rings is 1. The van der Waals surface area contributed by atoms with Crippen LogP contribution in [-0.2, 0) is 4.79 Å². The van der Waals surface area contributed by atoms with Crippen molar-refractivity contribution in [1.82, 2.24) is 15.6 Å². The van der Waals surface area contributed by atoms with Gasteiger partial charge in [0, 0.05) is 19.2 Å². The topological polar surface area (TPSA) is 71.1 Å². The van der Waals surface area contributed by atoms with Crippen LogP contribution < -0.4 is 10.6 Å². The zero-order chi connectivity index (χ0) is 19.8. The summed E-state index contributed by atoms with van der Waals surface area (Å²) in [7, 11) is 0. The monoisotopic (exact) mass is 393 g/mol. The maximum atomic E-state index is 12.5. The predicted octanol–water partition coefficient (Wildman–Crippen LogP) is 3.76. The second-order valence-corrected chi connectivity index (χ2v) is 6.56. The zero-order valence-corrected chi connectivity index (χ0v) is 15.9. The molecule has 2 N–H and O–H groups in total. The summed E-state index contributed by atoms with van der Waals surface area (Å²) >= 11 is 6.02. The lowest BCUT2D eigenvalue weighted by Gasteiger charge is -2.19. The van der Waals surface area contributed by atoms with Gasteiger partial charge in [-0.3, -0.25) is 14.6 Å². The van der Waals surface area contributed by atoms with Crippen LogP contribution in [0.3, 0.4) is 0 Å². The van der Waals surface area contributed by atoms with Gasteiger partial charge in [-0.1, -0.05) is 60.1 Å². The summed E-state index contributed by atoms with van der Waals surface area (Å²) in [5.41, 5.74) is 2.08. The summed E-state index contributed by atoms with van der Waals surface area (Å²) in [5, 5.41) is 6.10.